The van der Waals surface area contributed by atoms with Gasteiger partial charge in [-0.15, -0.1) is 0 Å². The molecule has 0 aromatic rings. The standard InChI is InChI=1S/C9H20N2O4S/c1-3-5-8(6-10)11-16(13,14)7-9(12)15-4-2/h8,11H,3-7,10H2,1-2H3. The molecule has 1 unspecified atom stereocenters. The van der Waals surface area contributed by atoms with Crippen molar-refractivity contribution in [2.75, 3.05) is 18.9 Å². The van der Waals surface area contributed by atoms with Gasteiger partial charge in [-0.1, -0.05) is 13.3 Å². The Morgan fingerprint density at radius 1 is 1.44 bits per heavy atom. The van der Waals surface area contributed by atoms with E-state index in [0.29, 0.717) is 6.42 Å². The number of nitrogens with one attached hydrogen (secondary N) is 1. The Morgan fingerprint density at radius 2 is 2.06 bits per heavy atom. The summed E-state index contributed by atoms with van der Waals surface area (Å²) in [6, 6.07) is -0.315. The van der Waals surface area contributed by atoms with Gasteiger partial charge in [-0.05, 0) is 13.3 Å². The average molecular weight is 252 g/mol. The number of hydrogen-bond donors (Lipinski definition) is 2. The van der Waals surface area contributed by atoms with Crippen molar-refractivity contribution in [2.24, 2.45) is 5.73 Å². The van der Waals surface area contributed by atoms with E-state index in [9.17, 15) is 13.2 Å². The molecule has 0 aromatic carbocycles. The van der Waals surface area contributed by atoms with Gasteiger partial charge in [0, 0.05) is 12.6 Å². The number of sulfonamides is 1. The molecule has 7 heteroatoms. The second-order valence-corrected chi connectivity index (χ2v) is 5.16. The van der Waals surface area contributed by atoms with Crippen LogP contribution in [0.1, 0.15) is 26.7 Å². The molecular formula is C9H20N2O4S. The van der Waals surface area contributed by atoms with Gasteiger partial charge in [0.2, 0.25) is 10.0 Å². The number of hydrogen-bond acceptors (Lipinski definition) is 5. The Morgan fingerprint density at radius 3 is 2.50 bits per heavy atom. The summed E-state index contributed by atoms with van der Waals surface area (Å²) in [5.74, 6) is -1.40. The van der Waals surface area contributed by atoms with E-state index >= 15 is 0 Å². The van der Waals surface area contributed by atoms with Crippen molar-refractivity contribution >= 4 is 16.0 Å². The van der Waals surface area contributed by atoms with E-state index in [4.69, 9.17) is 5.73 Å². The van der Waals surface area contributed by atoms with Gasteiger partial charge < -0.3 is 10.5 Å². The summed E-state index contributed by atoms with van der Waals surface area (Å²) in [6.07, 6.45) is 1.47. The van der Waals surface area contributed by atoms with Crippen molar-refractivity contribution in [2.45, 2.75) is 32.7 Å². The molecule has 6 nitrogen and oxygen atoms in total. The van der Waals surface area contributed by atoms with Gasteiger partial charge >= 0.3 is 5.97 Å². The molecule has 1 atom stereocenters. The van der Waals surface area contributed by atoms with Gasteiger partial charge in [0.05, 0.1) is 6.61 Å². The predicted octanol–water partition coefficient (Wildman–Crippen LogP) is -0.404. The molecular weight excluding hydrogens is 232 g/mol. The molecule has 0 radical (unpaired) electrons. The summed E-state index contributed by atoms with van der Waals surface area (Å²) < 4.78 is 29.9. The summed E-state index contributed by atoms with van der Waals surface area (Å²) in [4.78, 5) is 11.0. The second kappa shape index (κ2) is 7.59. The summed E-state index contributed by atoms with van der Waals surface area (Å²) >= 11 is 0. The number of ether oxygens (including phenoxy) is 1. The zero-order chi connectivity index (χ0) is 12.6. The Kier molecular flexibility index (Phi) is 7.27. The van der Waals surface area contributed by atoms with E-state index < -0.39 is 21.7 Å². The first kappa shape index (κ1) is 15.3. The van der Waals surface area contributed by atoms with E-state index in [1.165, 1.54) is 0 Å². The van der Waals surface area contributed by atoms with Crippen LogP contribution in [0.5, 0.6) is 0 Å². The van der Waals surface area contributed by atoms with E-state index in [0.717, 1.165) is 6.42 Å². The molecule has 96 valence electrons. The second-order valence-electron chi connectivity index (χ2n) is 3.40. The van der Waals surface area contributed by atoms with E-state index in [1.807, 2.05) is 6.92 Å². The minimum absolute atomic E-state index is 0.170. The van der Waals surface area contributed by atoms with Crippen molar-refractivity contribution in [3.63, 3.8) is 0 Å². The Hall–Kier alpha value is -0.660. The lowest BCUT2D eigenvalue weighted by molar-refractivity contribution is -0.139. The minimum Gasteiger partial charge on any atom is -0.465 e. The minimum atomic E-state index is -3.64. The highest BCUT2D eigenvalue weighted by Crippen LogP contribution is 1.98. The number of esters is 1. The van der Waals surface area contributed by atoms with Crippen molar-refractivity contribution in [1.82, 2.24) is 4.72 Å². The van der Waals surface area contributed by atoms with Crippen LogP contribution in [0.3, 0.4) is 0 Å². The zero-order valence-corrected chi connectivity index (χ0v) is 10.5. The Labute approximate surface area is 96.6 Å². The van der Waals surface area contributed by atoms with Crippen LogP contribution in [0.15, 0.2) is 0 Å². The van der Waals surface area contributed by atoms with Gasteiger partial charge in [0.25, 0.3) is 0 Å². The molecule has 0 saturated heterocycles. The molecule has 0 rings (SSSR count). The molecule has 0 aromatic heterocycles. The summed E-state index contributed by atoms with van der Waals surface area (Å²) in [5.41, 5.74) is 5.41. The molecule has 0 spiro atoms. The molecule has 0 aliphatic carbocycles. The van der Waals surface area contributed by atoms with Crippen LogP contribution in [0.2, 0.25) is 0 Å². The van der Waals surface area contributed by atoms with Crippen molar-refractivity contribution in [1.29, 1.82) is 0 Å². The molecule has 0 bridgehead atoms. The smallest absolute Gasteiger partial charge is 0.322 e. The maximum atomic E-state index is 11.5. The lowest BCUT2D eigenvalue weighted by Crippen LogP contribution is -2.42. The molecule has 0 saturated carbocycles. The van der Waals surface area contributed by atoms with Crippen molar-refractivity contribution in [3.05, 3.63) is 0 Å². The molecule has 0 heterocycles. The molecule has 0 fully saturated rings. The molecule has 16 heavy (non-hydrogen) atoms. The van der Waals surface area contributed by atoms with E-state index in [-0.39, 0.29) is 19.2 Å². The Balaban J connectivity index is 4.27. The van der Waals surface area contributed by atoms with Gasteiger partial charge in [-0.25, -0.2) is 13.1 Å². The zero-order valence-electron chi connectivity index (χ0n) is 9.73. The predicted molar refractivity (Wildman–Crippen MR) is 61.3 cm³/mol. The first-order valence-corrected chi connectivity index (χ1v) is 6.96. The number of carbonyl (C=O) groups excluding carboxylic acids is 1. The van der Waals surface area contributed by atoms with Gasteiger partial charge in [0.1, 0.15) is 0 Å². The maximum absolute atomic E-state index is 11.5. The van der Waals surface area contributed by atoms with E-state index in [1.54, 1.807) is 6.92 Å². The molecule has 0 aliphatic rings. The first-order chi connectivity index (χ1) is 7.45. The van der Waals surface area contributed by atoms with Gasteiger partial charge in [-0.3, -0.25) is 4.79 Å². The molecule has 3 N–H and O–H groups in total. The third kappa shape index (κ3) is 6.76. The van der Waals surface area contributed by atoms with Crippen LogP contribution in [0, 0.1) is 0 Å². The first-order valence-electron chi connectivity index (χ1n) is 5.30. The van der Waals surface area contributed by atoms with Crippen LogP contribution in [-0.2, 0) is 19.6 Å². The van der Waals surface area contributed by atoms with Crippen LogP contribution in [0.25, 0.3) is 0 Å². The molecule has 0 aliphatic heterocycles. The van der Waals surface area contributed by atoms with E-state index in [2.05, 4.69) is 9.46 Å². The summed E-state index contributed by atoms with van der Waals surface area (Å²) in [7, 11) is -3.64. The third-order valence-electron chi connectivity index (χ3n) is 1.88. The van der Waals surface area contributed by atoms with Gasteiger partial charge in [0.15, 0.2) is 5.75 Å². The molecule has 0 amide bonds. The lowest BCUT2D eigenvalue weighted by Gasteiger charge is -2.15. The number of carbonyl (C=O) groups is 1. The normalized spacial score (nSPS) is 13.4. The fourth-order valence-electron chi connectivity index (χ4n) is 1.23. The van der Waals surface area contributed by atoms with Crippen LogP contribution in [-0.4, -0.2) is 39.3 Å². The summed E-state index contributed by atoms with van der Waals surface area (Å²) in [6.45, 7) is 3.94. The quantitative estimate of drug-likeness (QED) is 0.572. The average Bonchev–Trinajstić information content (AvgIpc) is 2.16. The van der Waals surface area contributed by atoms with Crippen molar-refractivity contribution in [3.8, 4) is 0 Å². The highest BCUT2D eigenvalue weighted by Gasteiger charge is 2.20. The number of rotatable bonds is 8. The van der Waals surface area contributed by atoms with Crippen LogP contribution < -0.4 is 10.5 Å². The van der Waals surface area contributed by atoms with Gasteiger partial charge in [-0.2, -0.15) is 0 Å². The van der Waals surface area contributed by atoms with Crippen LogP contribution >= 0.6 is 0 Å². The summed E-state index contributed by atoms with van der Waals surface area (Å²) in [5, 5.41) is 0. The highest BCUT2D eigenvalue weighted by atomic mass is 32.2. The monoisotopic (exact) mass is 252 g/mol. The van der Waals surface area contributed by atoms with Crippen molar-refractivity contribution < 1.29 is 17.9 Å². The maximum Gasteiger partial charge on any atom is 0.322 e. The number of nitrogens with two attached hydrogens (primary N) is 1. The largest absolute Gasteiger partial charge is 0.465 e. The van der Waals surface area contributed by atoms with Crippen LogP contribution in [0.4, 0.5) is 0 Å². The third-order valence-corrected chi connectivity index (χ3v) is 3.19. The topological polar surface area (TPSA) is 98.5 Å². The fraction of sp³-hybridized carbons (Fsp3) is 0.889. The highest BCUT2D eigenvalue weighted by molar-refractivity contribution is 7.90. The SMILES string of the molecule is CCCC(CN)NS(=O)(=O)CC(=O)OCC. The Bertz CT molecular complexity index is 303. The lowest BCUT2D eigenvalue weighted by atomic mass is 10.2. The fourth-order valence-corrected chi connectivity index (χ4v) is 2.43.